The van der Waals surface area contributed by atoms with E-state index in [0.29, 0.717) is 6.04 Å². The van der Waals surface area contributed by atoms with Crippen LogP contribution < -0.4 is 5.32 Å². The molecular formula is C16H24BrNS. The Morgan fingerprint density at radius 1 is 1.26 bits per heavy atom. The van der Waals surface area contributed by atoms with Crippen molar-refractivity contribution in [2.45, 2.75) is 70.4 Å². The molecule has 0 radical (unpaired) electrons. The van der Waals surface area contributed by atoms with Crippen molar-refractivity contribution in [2.24, 2.45) is 5.92 Å². The van der Waals surface area contributed by atoms with Gasteiger partial charge in [0.15, 0.2) is 0 Å². The lowest BCUT2D eigenvalue weighted by Crippen LogP contribution is -2.37. The van der Waals surface area contributed by atoms with Crippen LogP contribution in [0.15, 0.2) is 9.85 Å². The molecule has 1 N–H and O–H groups in total. The molecule has 1 fully saturated rings. The van der Waals surface area contributed by atoms with Crippen LogP contribution in [0, 0.1) is 5.92 Å². The highest BCUT2D eigenvalue weighted by molar-refractivity contribution is 9.11. The highest BCUT2D eigenvalue weighted by Gasteiger charge is 2.27. The predicted molar refractivity (Wildman–Crippen MR) is 86.9 cm³/mol. The highest BCUT2D eigenvalue weighted by atomic mass is 79.9. The maximum atomic E-state index is 3.96. The third-order valence-corrected chi connectivity index (χ3v) is 6.66. The number of fused-ring (bicyclic) bond motifs is 1. The molecule has 0 aromatic carbocycles. The largest absolute Gasteiger partial charge is 0.307 e. The Kier molecular flexibility index (Phi) is 4.66. The normalized spacial score (nSPS) is 31.2. The van der Waals surface area contributed by atoms with Gasteiger partial charge in [-0.05, 0) is 78.4 Å². The van der Waals surface area contributed by atoms with Crippen LogP contribution in [0.25, 0.3) is 0 Å². The molecule has 0 saturated heterocycles. The Balaban J connectivity index is 1.62. The SMILES string of the molecule is CCC1CCC(NC2CCCc3sc(Br)cc32)CC1. The first-order chi connectivity index (χ1) is 9.26. The van der Waals surface area contributed by atoms with Gasteiger partial charge in [0.05, 0.1) is 3.79 Å². The third-order valence-electron chi connectivity index (χ3n) is 4.94. The van der Waals surface area contributed by atoms with Gasteiger partial charge in [0.1, 0.15) is 0 Å². The molecule has 2 aliphatic rings. The Bertz CT molecular complexity index is 420. The fraction of sp³-hybridized carbons (Fsp3) is 0.750. The smallest absolute Gasteiger partial charge is 0.0704 e. The Morgan fingerprint density at radius 2 is 2.05 bits per heavy atom. The van der Waals surface area contributed by atoms with Gasteiger partial charge in [0.2, 0.25) is 0 Å². The van der Waals surface area contributed by atoms with Gasteiger partial charge in [-0.25, -0.2) is 0 Å². The van der Waals surface area contributed by atoms with E-state index in [9.17, 15) is 0 Å². The summed E-state index contributed by atoms with van der Waals surface area (Å²) in [5.41, 5.74) is 1.58. The molecule has 3 rings (SSSR count). The fourth-order valence-corrected chi connectivity index (χ4v) is 5.54. The van der Waals surface area contributed by atoms with Crippen molar-refractivity contribution in [3.63, 3.8) is 0 Å². The van der Waals surface area contributed by atoms with E-state index in [4.69, 9.17) is 0 Å². The van der Waals surface area contributed by atoms with E-state index in [1.807, 2.05) is 11.3 Å². The van der Waals surface area contributed by atoms with E-state index < -0.39 is 0 Å². The first kappa shape index (κ1) is 14.1. The summed E-state index contributed by atoms with van der Waals surface area (Å²) in [5, 5.41) is 3.96. The molecule has 106 valence electrons. The standard InChI is InChI=1S/C16H24BrNS/c1-2-11-6-8-12(9-7-11)18-14-4-3-5-15-13(14)10-16(17)19-15/h10-12,14,18H,2-9H2,1H3. The number of hydrogen-bond donors (Lipinski definition) is 1. The summed E-state index contributed by atoms with van der Waals surface area (Å²) in [4.78, 5) is 1.61. The lowest BCUT2D eigenvalue weighted by atomic mass is 9.83. The van der Waals surface area contributed by atoms with Crippen LogP contribution in [-0.4, -0.2) is 6.04 Å². The van der Waals surface area contributed by atoms with E-state index in [0.717, 1.165) is 12.0 Å². The third kappa shape index (κ3) is 3.25. The van der Waals surface area contributed by atoms with Crippen LogP contribution >= 0.6 is 27.3 Å². The van der Waals surface area contributed by atoms with Gasteiger partial charge in [-0.3, -0.25) is 0 Å². The average molecular weight is 342 g/mol. The van der Waals surface area contributed by atoms with Crippen LogP contribution in [0.4, 0.5) is 0 Å². The van der Waals surface area contributed by atoms with Gasteiger partial charge in [-0.2, -0.15) is 0 Å². The van der Waals surface area contributed by atoms with E-state index in [1.54, 1.807) is 10.4 Å². The number of thiophene rings is 1. The number of aryl methyl sites for hydroxylation is 1. The van der Waals surface area contributed by atoms with Crippen LogP contribution in [-0.2, 0) is 6.42 Å². The van der Waals surface area contributed by atoms with Crippen LogP contribution in [0.1, 0.15) is 68.4 Å². The van der Waals surface area contributed by atoms with E-state index in [2.05, 4.69) is 34.2 Å². The number of nitrogens with one attached hydrogen (secondary N) is 1. The minimum atomic E-state index is 0.620. The minimum Gasteiger partial charge on any atom is -0.307 e. The fourth-order valence-electron chi connectivity index (χ4n) is 3.72. The monoisotopic (exact) mass is 341 g/mol. The second-order valence-electron chi connectivity index (χ2n) is 6.17. The van der Waals surface area contributed by atoms with E-state index in [-0.39, 0.29) is 0 Å². The molecule has 0 amide bonds. The van der Waals surface area contributed by atoms with Gasteiger partial charge in [0, 0.05) is 17.0 Å². The molecule has 2 aliphatic carbocycles. The molecule has 1 unspecified atom stereocenters. The first-order valence-corrected chi connectivity index (χ1v) is 9.41. The van der Waals surface area contributed by atoms with E-state index >= 15 is 0 Å². The minimum absolute atomic E-state index is 0.620. The second-order valence-corrected chi connectivity index (χ2v) is 8.68. The summed E-state index contributed by atoms with van der Waals surface area (Å²) < 4.78 is 1.31. The zero-order valence-corrected chi connectivity index (χ0v) is 14.2. The molecule has 0 aliphatic heterocycles. The van der Waals surface area contributed by atoms with Gasteiger partial charge in [-0.1, -0.05) is 13.3 Å². The molecule has 1 heterocycles. The lowest BCUT2D eigenvalue weighted by Gasteiger charge is -2.33. The molecule has 1 saturated carbocycles. The molecule has 3 heteroatoms. The zero-order valence-electron chi connectivity index (χ0n) is 11.8. The molecule has 19 heavy (non-hydrogen) atoms. The van der Waals surface area contributed by atoms with Crippen molar-refractivity contribution in [1.82, 2.24) is 5.32 Å². The topological polar surface area (TPSA) is 12.0 Å². The van der Waals surface area contributed by atoms with Crippen molar-refractivity contribution in [3.05, 3.63) is 20.3 Å². The quantitative estimate of drug-likeness (QED) is 0.770. The maximum Gasteiger partial charge on any atom is 0.0704 e. The highest BCUT2D eigenvalue weighted by Crippen LogP contribution is 2.39. The van der Waals surface area contributed by atoms with E-state index in [1.165, 1.54) is 55.2 Å². The summed E-state index contributed by atoms with van der Waals surface area (Å²) in [5.74, 6) is 0.996. The Morgan fingerprint density at radius 3 is 2.79 bits per heavy atom. The molecule has 1 aromatic rings. The van der Waals surface area contributed by atoms with Gasteiger partial charge in [-0.15, -0.1) is 11.3 Å². The summed E-state index contributed by atoms with van der Waals surface area (Å²) in [7, 11) is 0. The Labute approximate surface area is 129 Å². The van der Waals surface area contributed by atoms with Crippen LogP contribution in [0.5, 0.6) is 0 Å². The maximum absolute atomic E-state index is 3.96. The molecule has 1 atom stereocenters. The van der Waals surface area contributed by atoms with Gasteiger partial charge < -0.3 is 5.32 Å². The van der Waals surface area contributed by atoms with Gasteiger partial charge in [0.25, 0.3) is 0 Å². The molecule has 1 aromatic heterocycles. The Hall–Kier alpha value is 0.140. The first-order valence-electron chi connectivity index (χ1n) is 7.80. The van der Waals surface area contributed by atoms with Crippen molar-refractivity contribution >= 4 is 27.3 Å². The average Bonchev–Trinajstić information content (AvgIpc) is 2.81. The summed E-state index contributed by atoms with van der Waals surface area (Å²) in [6.07, 6.45) is 11.0. The van der Waals surface area contributed by atoms with Crippen molar-refractivity contribution in [1.29, 1.82) is 0 Å². The lowest BCUT2D eigenvalue weighted by molar-refractivity contribution is 0.262. The van der Waals surface area contributed by atoms with Gasteiger partial charge >= 0.3 is 0 Å². The summed E-state index contributed by atoms with van der Waals surface area (Å²) in [6.45, 7) is 2.34. The van der Waals surface area contributed by atoms with Crippen molar-refractivity contribution in [3.8, 4) is 0 Å². The number of halogens is 1. The molecule has 1 nitrogen and oxygen atoms in total. The molecule has 0 spiro atoms. The van der Waals surface area contributed by atoms with Crippen LogP contribution in [0.3, 0.4) is 0 Å². The second kappa shape index (κ2) is 6.28. The van der Waals surface area contributed by atoms with Crippen molar-refractivity contribution < 1.29 is 0 Å². The van der Waals surface area contributed by atoms with Crippen LogP contribution in [0.2, 0.25) is 0 Å². The van der Waals surface area contributed by atoms with Crippen molar-refractivity contribution in [2.75, 3.05) is 0 Å². The number of hydrogen-bond acceptors (Lipinski definition) is 2. The molecular weight excluding hydrogens is 318 g/mol. The summed E-state index contributed by atoms with van der Waals surface area (Å²) >= 11 is 5.59. The predicted octanol–water partition coefficient (Wildman–Crippen LogP) is 5.45. The number of rotatable bonds is 3. The summed E-state index contributed by atoms with van der Waals surface area (Å²) in [6, 6.07) is 3.74. The molecule has 0 bridgehead atoms. The zero-order chi connectivity index (χ0) is 13.2.